The van der Waals surface area contributed by atoms with Crippen LogP contribution in [0.3, 0.4) is 0 Å². The lowest BCUT2D eigenvalue weighted by Crippen LogP contribution is -2.42. The number of morpholine rings is 1. The van der Waals surface area contributed by atoms with Crippen molar-refractivity contribution in [3.05, 3.63) is 87.3 Å². The lowest BCUT2D eigenvalue weighted by molar-refractivity contribution is -0.131. The molecule has 2 saturated heterocycles. The highest BCUT2D eigenvalue weighted by molar-refractivity contribution is 6.42. The Bertz CT molecular complexity index is 1340. The van der Waals surface area contributed by atoms with Crippen LogP contribution in [0.2, 0.25) is 10.0 Å². The molecule has 8 nitrogen and oxygen atoms in total. The van der Waals surface area contributed by atoms with Crippen molar-refractivity contribution in [3.8, 4) is 0 Å². The number of benzene rings is 2. The Morgan fingerprint density at radius 2 is 1.74 bits per heavy atom. The first-order valence-corrected chi connectivity index (χ1v) is 13.5. The van der Waals surface area contributed by atoms with Crippen LogP contribution >= 0.6 is 23.2 Å². The zero-order valence-corrected chi connectivity index (χ0v) is 22.9. The number of nitrogens with zero attached hydrogens (tertiary/aromatic N) is 5. The Hall–Kier alpha value is -3.27. The maximum atomic E-state index is 13.5. The summed E-state index contributed by atoms with van der Waals surface area (Å²) in [5.41, 5.74) is 1.82. The molecule has 3 heterocycles. The molecule has 2 aliphatic heterocycles. The summed E-state index contributed by atoms with van der Waals surface area (Å²) in [6.45, 7) is 3.37. The van der Waals surface area contributed by atoms with Crippen LogP contribution in [0, 0.1) is 5.82 Å². The van der Waals surface area contributed by atoms with E-state index in [-0.39, 0.29) is 41.7 Å². The Morgan fingerprint density at radius 3 is 2.41 bits per heavy atom. The normalized spacial score (nSPS) is 19.3. The van der Waals surface area contributed by atoms with E-state index in [1.54, 1.807) is 53.2 Å². The van der Waals surface area contributed by atoms with Gasteiger partial charge in [0.05, 0.1) is 35.7 Å². The smallest absolute Gasteiger partial charge is 0.274 e. The molecule has 0 spiro atoms. The molecule has 0 aliphatic carbocycles. The Kier molecular flexibility index (Phi) is 8.30. The van der Waals surface area contributed by atoms with E-state index in [0.717, 1.165) is 18.7 Å². The maximum absolute atomic E-state index is 13.5. The van der Waals surface area contributed by atoms with E-state index < -0.39 is 0 Å². The number of aromatic nitrogens is 2. The summed E-state index contributed by atoms with van der Waals surface area (Å²) in [4.78, 5) is 32.2. The van der Waals surface area contributed by atoms with E-state index in [1.807, 2.05) is 6.07 Å². The van der Waals surface area contributed by atoms with Crippen molar-refractivity contribution in [2.75, 3.05) is 51.3 Å². The lowest BCUT2D eigenvalue weighted by Gasteiger charge is -2.29. The number of ether oxygens (including phenoxy) is 1. The minimum absolute atomic E-state index is 0.115. The predicted molar refractivity (Wildman–Crippen MR) is 147 cm³/mol. The number of amides is 2. The number of rotatable bonds is 6. The third-order valence-corrected chi connectivity index (χ3v) is 8.05. The molecule has 2 aliphatic rings. The van der Waals surface area contributed by atoms with Gasteiger partial charge in [0.2, 0.25) is 5.91 Å². The Balaban J connectivity index is 1.36. The van der Waals surface area contributed by atoms with Crippen LogP contribution in [0.4, 0.5) is 10.2 Å². The largest absolute Gasteiger partial charge is 0.378 e. The molecule has 0 radical (unpaired) electrons. The van der Waals surface area contributed by atoms with Gasteiger partial charge < -0.3 is 19.4 Å². The molecule has 2 amide bonds. The third-order valence-electron chi connectivity index (χ3n) is 7.31. The number of hydrogen-bond donors (Lipinski definition) is 0. The highest BCUT2D eigenvalue weighted by Crippen LogP contribution is 2.35. The van der Waals surface area contributed by atoms with Gasteiger partial charge >= 0.3 is 0 Å². The second-order valence-corrected chi connectivity index (χ2v) is 10.6. The highest BCUT2D eigenvalue weighted by Gasteiger charge is 2.40. The van der Waals surface area contributed by atoms with Gasteiger partial charge in [-0.05, 0) is 47.5 Å². The van der Waals surface area contributed by atoms with E-state index in [0.29, 0.717) is 47.7 Å². The van der Waals surface area contributed by atoms with Gasteiger partial charge in [0.15, 0.2) is 11.5 Å². The first-order chi connectivity index (χ1) is 18.8. The summed E-state index contributed by atoms with van der Waals surface area (Å²) in [5, 5.41) is 9.33. The fraction of sp³-hybridized carbons (Fsp3) is 0.357. The van der Waals surface area contributed by atoms with Crippen LogP contribution in [0.5, 0.6) is 0 Å². The topological polar surface area (TPSA) is 78.9 Å². The number of anilines is 1. The fourth-order valence-corrected chi connectivity index (χ4v) is 5.37. The van der Waals surface area contributed by atoms with Crippen LogP contribution < -0.4 is 4.90 Å². The zero-order valence-electron chi connectivity index (χ0n) is 21.4. The molecule has 204 valence electrons. The van der Waals surface area contributed by atoms with Gasteiger partial charge in [-0.25, -0.2) is 4.39 Å². The fourth-order valence-electron chi connectivity index (χ4n) is 5.06. The van der Waals surface area contributed by atoms with Crippen molar-refractivity contribution in [2.24, 2.45) is 0 Å². The molecule has 0 saturated carbocycles. The summed E-state index contributed by atoms with van der Waals surface area (Å²) in [5.74, 6) is -0.255. The summed E-state index contributed by atoms with van der Waals surface area (Å²) >= 11 is 12.5. The molecule has 39 heavy (non-hydrogen) atoms. The number of carbonyl (C=O) groups is 2. The van der Waals surface area contributed by atoms with Gasteiger partial charge in [0.25, 0.3) is 5.91 Å². The molecule has 2 fully saturated rings. The molecular formula is C28H28Cl2FN5O3. The summed E-state index contributed by atoms with van der Waals surface area (Å²) in [6.07, 6.45) is 0.115. The van der Waals surface area contributed by atoms with Gasteiger partial charge in [0.1, 0.15) is 5.82 Å². The monoisotopic (exact) mass is 571 g/mol. The van der Waals surface area contributed by atoms with Crippen LogP contribution in [0.1, 0.15) is 27.5 Å². The standard InChI is InChI=1S/C28H28Cl2FN5O3/c1-34(27(37)14-18-2-5-20(31)6-3-18)25-17-36(16-21(25)19-4-7-22(29)23(30)15-19)28(38)24-8-9-26(33-32-24)35-10-12-39-13-11-35/h2-9,15,21,25H,10-14,16-17H2,1H3. The molecule has 2 atom stereocenters. The number of halogens is 3. The summed E-state index contributed by atoms with van der Waals surface area (Å²) in [7, 11) is 1.73. The third kappa shape index (κ3) is 6.16. The van der Waals surface area contributed by atoms with E-state index in [1.165, 1.54) is 12.1 Å². The molecule has 0 N–H and O–H groups in total. The van der Waals surface area contributed by atoms with E-state index in [9.17, 15) is 14.0 Å². The molecule has 2 aromatic carbocycles. The second kappa shape index (κ2) is 11.9. The predicted octanol–water partition coefficient (Wildman–Crippen LogP) is 4.07. The van der Waals surface area contributed by atoms with Gasteiger partial charge in [-0.3, -0.25) is 9.59 Å². The number of likely N-dealkylation sites (tertiary alicyclic amines) is 1. The second-order valence-electron chi connectivity index (χ2n) is 9.74. The van der Waals surface area contributed by atoms with Crippen LogP contribution in [0.25, 0.3) is 0 Å². The molecule has 5 rings (SSSR count). The maximum Gasteiger partial charge on any atom is 0.274 e. The van der Waals surface area contributed by atoms with Crippen LogP contribution in [0.15, 0.2) is 54.6 Å². The van der Waals surface area contributed by atoms with Crippen molar-refractivity contribution in [1.29, 1.82) is 0 Å². The number of carbonyl (C=O) groups excluding carboxylic acids is 2. The van der Waals surface area contributed by atoms with Crippen LogP contribution in [-0.4, -0.2) is 84.3 Å². The average Bonchev–Trinajstić information content (AvgIpc) is 3.41. The summed E-state index contributed by atoms with van der Waals surface area (Å²) < 4.78 is 18.7. The molecule has 0 bridgehead atoms. The molecule has 11 heteroatoms. The van der Waals surface area contributed by atoms with E-state index in [2.05, 4.69) is 15.1 Å². The van der Waals surface area contributed by atoms with Gasteiger partial charge in [-0.15, -0.1) is 10.2 Å². The van der Waals surface area contributed by atoms with Crippen LogP contribution in [-0.2, 0) is 16.0 Å². The van der Waals surface area contributed by atoms with Gasteiger partial charge in [0, 0.05) is 39.1 Å². The van der Waals surface area contributed by atoms with Crippen molar-refractivity contribution in [3.63, 3.8) is 0 Å². The molecule has 3 aromatic rings. The quantitative estimate of drug-likeness (QED) is 0.444. The molecular weight excluding hydrogens is 544 g/mol. The Labute approximate surface area is 236 Å². The zero-order chi connectivity index (χ0) is 27.5. The highest BCUT2D eigenvalue weighted by atomic mass is 35.5. The van der Waals surface area contributed by atoms with Crippen molar-refractivity contribution in [1.82, 2.24) is 20.0 Å². The van der Waals surface area contributed by atoms with E-state index in [4.69, 9.17) is 27.9 Å². The average molecular weight is 572 g/mol. The van der Waals surface area contributed by atoms with E-state index >= 15 is 0 Å². The lowest BCUT2D eigenvalue weighted by atomic mass is 9.93. The molecule has 2 unspecified atom stereocenters. The first kappa shape index (κ1) is 27.3. The van der Waals surface area contributed by atoms with Crippen molar-refractivity contribution < 1.29 is 18.7 Å². The Morgan fingerprint density at radius 1 is 1.00 bits per heavy atom. The van der Waals surface area contributed by atoms with Crippen molar-refractivity contribution >= 4 is 40.8 Å². The minimum atomic E-state index is -0.356. The van der Waals surface area contributed by atoms with Gasteiger partial charge in [-0.1, -0.05) is 41.4 Å². The van der Waals surface area contributed by atoms with Gasteiger partial charge in [-0.2, -0.15) is 0 Å². The van der Waals surface area contributed by atoms with Crippen molar-refractivity contribution in [2.45, 2.75) is 18.4 Å². The number of hydrogen-bond acceptors (Lipinski definition) is 6. The molecule has 1 aromatic heterocycles. The SMILES string of the molecule is CN(C(=O)Cc1ccc(F)cc1)C1CN(C(=O)c2ccc(N3CCOCC3)nn2)CC1c1ccc(Cl)c(Cl)c1. The summed E-state index contributed by atoms with van der Waals surface area (Å²) in [6, 6.07) is 14.4. The number of likely N-dealkylation sites (N-methyl/N-ethyl adjacent to an activating group) is 1. The minimum Gasteiger partial charge on any atom is -0.378 e. The first-order valence-electron chi connectivity index (χ1n) is 12.7.